The Morgan fingerprint density at radius 3 is 2.93 bits per heavy atom. The van der Waals surface area contributed by atoms with Crippen LogP contribution in [0, 0.1) is 0 Å². The Balaban J connectivity index is 0.000000980. The summed E-state index contributed by atoms with van der Waals surface area (Å²) in [6.07, 6.45) is 4.42. The Morgan fingerprint density at radius 1 is 1.36 bits per heavy atom. The van der Waals surface area contributed by atoms with E-state index in [4.69, 9.17) is 4.43 Å². The molecule has 1 aliphatic rings. The fraction of sp³-hybridized carbons (Fsp3) is 0.273. The van der Waals surface area contributed by atoms with E-state index in [0.29, 0.717) is 15.3 Å². The maximum absolute atomic E-state index is 5.45. The number of hydrogen-bond donors (Lipinski definition) is 0. The molecule has 1 aromatic rings. The molecule has 0 aromatic heterocycles. The predicted molar refractivity (Wildman–Crippen MR) is 61.4 cm³/mol. The summed E-state index contributed by atoms with van der Waals surface area (Å²) in [5, 5.41) is 0. The smallest absolute Gasteiger partial charge is 0.242 e. The first-order chi connectivity index (χ1) is 6.42. The number of allylic oxidation sites excluding steroid dienone is 1. The fourth-order valence-corrected chi connectivity index (χ4v) is 2.44. The summed E-state index contributed by atoms with van der Waals surface area (Å²) < 4.78 is 5.45. The van der Waals surface area contributed by atoms with Gasteiger partial charge in [-0.2, -0.15) is 0 Å². The standard InChI is InChI=1S/C11H12OSi.Li/c1-2-12-13-11-8-7-9-5-3-4-6-10(9)11;/h3-8,11H,2H2,1H3;. The normalized spacial score (nSPS) is 17.6. The Bertz CT molecular complexity index is 325. The van der Waals surface area contributed by atoms with E-state index in [2.05, 4.69) is 36.4 Å². The SMILES string of the molecule is CCO[Si]C1C=Cc2ccccc21.[Li]. The second kappa shape index (κ2) is 5.58. The van der Waals surface area contributed by atoms with Gasteiger partial charge in [0.1, 0.15) is 0 Å². The molecule has 0 amide bonds. The molecule has 0 aliphatic heterocycles. The van der Waals surface area contributed by atoms with Crippen molar-refractivity contribution in [1.82, 2.24) is 0 Å². The van der Waals surface area contributed by atoms with E-state index in [1.165, 1.54) is 11.1 Å². The van der Waals surface area contributed by atoms with Gasteiger partial charge >= 0.3 is 0 Å². The first-order valence-electron chi connectivity index (χ1n) is 4.56. The van der Waals surface area contributed by atoms with Gasteiger partial charge in [0, 0.05) is 31.0 Å². The van der Waals surface area contributed by atoms with E-state index < -0.39 is 0 Å². The van der Waals surface area contributed by atoms with Crippen molar-refractivity contribution in [2.75, 3.05) is 6.61 Å². The van der Waals surface area contributed by atoms with Crippen molar-refractivity contribution in [2.45, 2.75) is 12.5 Å². The van der Waals surface area contributed by atoms with E-state index in [-0.39, 0.29) is 18.9 Å². The number of rotatable bonds is 3. The van der Waals surface area contributed by atoms with Crippen molar-refractivity contribution in [2.24, 2.45) is 0 Å². The van der Waals surface area contributed by atoms with Gasteiger partial charge in [-0.05, 0) is 18.1 Å². The summed E-state index contributed by atoms with van der Waals surface area (Å²) in [4.78, 5) is 0. The van der Waals surface area contributed by atoms with E-state index in [1.54, 1.807) is 0 Å². The Hall–Kier alpha value is -0.266. The van der Waals surface area contributed by atoms with Crippen molar-refractivity contribution in [1.29, 1.82) is 0 Å². The molecular formula is C11H12LiOSi. The maximum Gasteiger partial charge on any atom is 0.242 e. The molecule has 1 unspecified atom stereocenters. The third kappa shape index (κ3) is 2.40. The molecule has 1 atom stereocenters. The van der Waals surface area contributed by atoms with Crippen LogP contribution in [-0.4, -0.2) is 35.2 Å². The van der Waals surface area contributed by atoms with Crippen LogP contribution in [0.2, 0.25) is 0 Å². The first-order valence-corrected chi connectivity index (χ1v) is 5.55. The average molecular weight is 195 g/mol. The second-order valence-corrected chi connectivity index (χ2v) is 4.16. The average Bonchev–Trinajstić information content (AvgIpc) is 2.58. The molecule has 67 valence electrons. The molecule has 0 saturated heterocycles. The summed E-state index contributed by atoms with van der Waals surface area (Å²) in [6, 6.07) is 8.51. The van der Waals surface area contributed by atoms with E-state index >= 15 is 0 Å². The molecular weight excluding hydrogens is 183 g/mol. The minimum absolute atomic E-state index is 0. The Morgan fingerprint density at radius 2 is 2.14 bits per heavy atom. The summed E-state index contributed by atoms with van der Waals surface area (Å²) in [5.41, 5.74) is 3.25. The van der Waals surface area contributed by atoms with Crippen LogP contribution in [-0.2, 0) is 4.43 Å². The van der Waals surface area contributed by atoms with E-state index in [0.717, 1.165) is 6.61 Å². The topological polar surface area (TPSA) is 9.23 Å². The monoisotopic (exact) mass is 195 g/mol. The van der Waals surface area contributed by atoms with Crippen LogP contribution in [0.4, 0.5) is 0 Å². The largest absolute Gasteiger partial charge is 0.417 e. The van der Waals surface area contributed by atoms with Gasteiger partial charge in [0.2, 0.25) is 9.76 Å². The molecule has 2 rings (SSSR count). The van der Waals surface area contributed by atoms with Crippen molar-refractivity contribution in [3.8, 4) is 0 Å². The molecule has 1 aromatic carbocycles. The van der Waals surface area contributed by atoms with E-state index in [9.17, 15) is 0 Å². The van der Waals surface area contributed by atoms with Gasteiger partial charge in [-0.25, -0.2) is 0 Å². The fourth-order valence-electron chi connectivity index (χ4n) is 1.53. The van der Waals surface area contributed by atoms with Crippen LogP contribution in [0.5, 0.6) is 0 Å². The molecule has 3 heteroatoms. The van der Waals surface area contributed by atoms with E-state index in [1.807, 2.05) is 6.92 Å². The zero-order valence-electron chi connectivity index (χ0n) is 8.66. The third-order valence-corrected chi connectivity index (χ3v) is 3.37. The van der Waals surface area contributed by atoms with Crippen molar-refractivity contribution >= 4 is 34.7 Å². The predicted octanol–water partition coefficient (Wildman–Crippen LogP) is 2.03. The van der Waals surface area contributed by atoms with Crippen molar-refractivity contribution in [3.05, 3.63) is 41.5 Å². The molecule has 0 heterocycles. The molecule has 1 aliphatic carbocycles. The molecule has 0 saturated carbocycles. The minimum Gasteiger partial charge on any atom is -0.417 e. The third-order valence-electron chi connectivity index (χ3n) is 2.15. The molecule has 0 spiro atoms. The van der Waals surface area contributed by atoms with Crippen molar-refractivity contribution < 1.29 is 4.43 Å². The zero-order chi connectivity index (χ0) is 9.10. The number of hydrogen-bond acceptors (Lipinski definition) is 1. The van der Waals surface area contributed by atoms with Gasteiger partial charge in [0.15, 0.2) is 0 Å². The summed E-state index contributed by atoms with van der Waals surface area (Å²) in [5.74, 6) is 0. The van der Waals surface area contributed by atoms with Gasteiger partial charge in [0.25, 0.3) is 0 Å². The molecule has 0 bridgehead atoms. The number of benzene rings is 1. The summed E-state index contributed by atoms with van der Waals surface area (Å²) in [6.45, 7) is 2.85. The summed E-state index contributed by atoms with van der Waals surface area (Å²) >= 11 is 0. The van der Waals surface area contributed by atoms with Crippen LogP contribution < -0.4 is 0 Å². The molecule has 0 N–H and O–H groups in total. The van der Waals surface area contributed by atoms with Crippen LogP contribution in [0.3, 0.4) is 0 Å². The Labute approximate surface area is 99.7 Å². The van der Waals surface area contributed by atoms with Gasteiger partial charge in [0.05, 0.1) is 0 Å². The van der Waals surface area contributed by atoms with Gasteiger partial charge in [-0.3, -0.25) is 0 Å². The minimum atomic E-state index is 0. The quantitative estimate of drug-likeness (QED) is 0.670. The molecule has 14 heavy (non-hydrogen) atoms. The van der Waals surface area contributed by atoms with Crippen LogP contribution in [0.15, 0.2) is 30.3 Å². The van der Waals surface area contributed by atoms with Crippen LogP contribution >= 0.6 is 0 Å². The van der Waals surface area contributed by atoms with Gasteiger partial charge in [-0.15, -0.1) is 0 Å². The zero-order valence-corrected chi connectivity index (χ0v) is 9.66. The van der Waals surface area contributed by atoms with Gasteiger partial charge < -0.3 is 4.43 Å². The first kappa shape index (κ1) is 11.8. The van der Waals surface area contributed by atoms with Gasteiger partial charge in [-0.1, -0.05) is 36.4 Å². The maximum atomic E-state index is 5.45. The van der Waals surface area contributed by atoms with Crippen LogP contribution in [0.25, 0.3) is 6.08 Å². The Kier molecular flexibility index (Phi) is 4.70. The second-order valence-electron chi connectivity index (χ2n) is 3.02. The van der Waals surface area contributed by atoms with Crippen LogP contribution in [0.1, 0.15) is 23.6 Å². The molecule has 3 radical (unpaired) electrons. The number of fused-ring (bicyclic) bond motifs is 1. The summed E-state index contributed by atoms with van der Waals surface area (Å²) in [7, 11) is 0.566. The molecule has 0 fully saturated rings. The van der Waals surface area contributed by atoms with Crippen molar-refractivity contribution in [3.63, 3.8) is 0 Å². The molecule has 1 nitrogen and oxygen atoms in total.